The first kappa shape index (κ1) is 20.4. The number of ether oxygens (including phenoxy) is 1. The van der Waals surface area contributed by atoms with Gasteiger partial charge in [0.05, 0.1) is 24.3 Å². The van der Waals surface area contributed by atoms with Crippen LogP contribution in [-0.4, -0.2) is 42.0 Å². The van der Waals surface area contributed by atoms with E-state index in [2.05, 4.69) is 10.6 Å². The van der Waals surface area contributed by atoms with Crippen molar-refractivity contribution in [3.8, 4) is 0 Å². The predicted octanol–water partition coefficient (Wildman–Crippen LogP) is 3.35. The summed E-state index contributed by atoms with van der Waals surface area (Å²) in [6.07, 6.45) is 0.270. The van der Waals surface area contributed by atoms with Crippen molar-refractivity contribution < 1.29 is 19.1 Å². The number of hydrogen-bond acceptors (Lipinski definition) is 4. The first-order chi connectivity index (χ1) is 14.0. The van der Waals surface area contributed by atoms with Gasteiger partial charge in [-0.15, -0.1) is 0 Å². The first-order valence-corrected chi connectivity index (χ1v) is 9.67. The molecule has 0 bridgehead atoms. The van der Waals surface area contributed by atoms with Gasteiger partial charge in [-0.25, -0.2) is 9.59 Å². The van der Waals surface area contributed by atoms with Gasteiger partial charge in [0, 0.05) is 18.7 Å². The standard InChI is InChI=1S/C22H25N3O4/c1-3-29-21(27)17-9-11-18(12-10-17)23-22(28)24-19-13-20(26)25(14-19)15(2)16-7-5-4-6-8-16/h4-12,15,19H,3,13-14H2,1-2H3,(H2,23,24,28). The third kappa shape index (κ3) is 5.13. The quantitative estimate of drug-likeness (QED) is 0.735. The summed E-state index contributed by atoms with van der Waals surface area (Å²) in [5.41, 5.74) is 2.03. The van der Waals surface area contributed by atoms with E-state index in [0.717, 1.165) is 5.56 Å². The zero-order valence-corrected chi connectivity index (χ0v) is 16.6. The highest BCUT2D eigenvalue weighted by Crippen LogP contribution is 2.25. The van der Waals surface area contributed by atoms with E-state index >= 15 is 0 Å². The fourth-order valence-corrected chi connectivity index (χ4v) is 3.37. The molecule has 7 heteroatoms. The van der Waals surface area contributed by atoms with Crippen LogP contribution in [0.15, 0.2) is 54.6 Å². The molecule has 1 heterocycles. The normalized spacial score (nSPS) is 17.0. The zero-order valence-electron chi connectivity index (χ0n) is 16.6. The molecule has 0 saturated carbocycles. The lowest BCUT2D eigenvalue weighted by molar-refractivity contribution is -0.129. The summed E-state index contributed by atoms with van der Waals surface area (Å²) >= 11 is 0. The van der Waals surface area contributed by atoms with Gasteiger partial charge in [0.1, 0.15) is 0 Å². The molecular weight excluding hydrogens is 370 g/mol. The van der Waals surface area contributed by atoms with Gasteiger partial charge in [-0.05, 0) is 43.7 Å². The van der Waals surface area contributed by atoms with E-state index in [1.54, 1.807) is 36.1 Å². The van der Waals surface area contributed by atoms with Crippen LogP contribution in [0, 0.1) is 0 Å². The summed E-state index contributed by atoms with van der Waals surface area (Å²) in [5, 5.41) is 5.57. The molecule has 1 aliphatic rings. The highest BCUT2D eigenvalue weighted by atomic mass is 16.5. The van der Waals surface area contributed by atoms with Crippen LogP contribution in [0.4, 0.5) is 10.5 Å². The van der Waals surface area contributed by atoms with E-state index in [-0.39, 0.29) is 30.4 Å². The Balaban J connectivity index is 1.53. The Hall–Kier alpha value is -3.35. The Labute approximate surface area is 170 Å². The molecular formula is C22H25N3O4. The minimum absolute atomic E-state index is 0.0189. The second-order valence-electron chi connectivity index (χ2n) is 6.93. The second kappa shape index (κ2) is 9.23. The summed E-state index contributed by atoms with van der Waals surface area (Å²) in [5.74, 6) is -0.383. The maximum Gasteiger partial charge on any atom is 0.338 e. The second-order valence-corrected chi connectivity index (χ2v) is 6.93. The minimum atomic E-state index is -0.402. The van der Waals surface area contributed by atoms with Crippen LogP contribution in [0.5, 0.6) is 0 Å². The van der Waals surface area contributed by atoms with Crippen molar-refractivity contribution in [2.24, 2.45) is 0 Å². The number of amides is 3. The number of carbonyl (C=O) groups excluding carboxylic acids is 3. The molecule has 1 aliphatic heterocycles. The lowest BCUT2D eigenvalue weighted by Gasteiger charge is -2.25. The van der Waals surface area contributed by atoms with Crippen LogP contribution in [0.25, 0.3) is 0 Å². The van der Waals surface area contributed by atoms with Crippen molar-refractivity contribution in [2.75, 3.05) is 18.5 Å². The van der Waals surface area contributed by atoms with Crippen molar-refractivity contribution in [1.29, 1.82) is 0 Å². The number of carbonyl (C=O) groups is 3. The van der Waals surface area contributed by atoms with Crippen molar-refractivity contribution >= 4 is 23.6 Å². The molecule has 3 rings (SSSR count). The molecule has 0 aromatic heterocycles. The topological polar surface area (TPSA) is 87.7 Å². The lowest BCUT2D eigenvalue weighted by Crippen LogP contribution is -2.40. The van der Waals surface area contributed by atoms with Crippen molar-refractivity contribution in [2.45, 2.75) is 32.4 Å². The van der Waals surface area contributed by atoms with E-state index in [1.165, 1.54) is 0 Å². The van der Waals surface area contributed by atoms with Gasteiger partial charge in [-0.3, -0.25) is 4.79 Å². The summed E-state index contributed by atoms with van der Waals surface area (Å²) in [7, 11) is 0. The highest BCUT2D eigenvalue weighted by Gasteiger charge is 2.33. The fourth-order valence-electron chi connectivity index (χ4n) is 3.37. The van der Waals surface area contributed by atoms with Crippen LogP contribution in [-0.2, 0) is 9.53 Å². The van der Waals surface area contributed by atoms with Crippen LogP contribution in [0.2, 0.25) is 0 Å². The molecule has 0 aliphatic carbocycles. The monoisotopic (exact) mass is 395 g/mol. The van der Waals surface area contributed by atoms with Gasteiger partial charge >= 0.3 is 12.0 Å². The average Bonchev–Trinajstić information content (AvgIpc) is 3.08. The van der Waals surface area contributed by atoms with Gasteiger partial charge in [-0.2, -0.15) is 0 Å². The number of hydrogen-bond donors (Lipinski definition) is 2. The Bertz CT molecular complexity index is 867. The highest BCUT2D eigenvalue weighted by molar-refractivity contribution is 5.93. The molecule has 2 aromatic rings. The third-order valence-corrected chi connectivity index (χ3v) is 4.90. The molecule has 1 fully saturated rings. The average molecular weight is 395 g/mol. The number of benzene rings is 2. The van der Waals surface area contributed by atoms with E-state index in [9.17, 15) is 14.4 Å². The van der Waals surface area contributed by atoms with E-state index in [4.69, 9.17) is 4.74 Å². The number of nitrogens with zero attached hydrogens (tertiary/aromatic N) is 1. The number of esters is 1. The minimum Gasteiger partial charge on any atom is -0.462 e. The SMILES string of the molecule is CCOC(=O)c1ccc(NC(=O)NC2CC(=O)N(C(C)c3ccccc3)C2)cc1. The van der Waals surface area contributed by atoms with E-state index < -0.39 is 5.97 Å². The molecule has 2 unspecified atom stereocenters. The zero-order chi connectivity index (χ0) is 20.8. The number of likely N-dealkylation sites (tertiary alicyclic amines) is 1. The first-order valence-electron chi connectivity index (χ1n) is 9.67. The van der Waals surface area contributed by atoms with Crippen molar-refractivity contribution in [3.05, 3.63) is 65.7 Å². The maximum absolute atomic E-state index is 12.4. The lowest BCUT2D eigenvalue weighted by atomic mass is 10.1. The number of nitrogens with one attached hydrogen (secondary N) is 2. The van der Waals surface area contributed by atoms with Gasteiger partial charge in [-0.1, -0.05) is 30.3 Å². The Morgan fingerprint density at radius 3 is 2.48 bits per heavy atom. The van der Waals surface area contributed by atoms with Gasteiger partial charge < -0.3 is 20.3 Å². The van der Waals surface area contributed by atoms with Crippen LogP contribution >= 0.6 is 0 Å². The Kier molecular flexibility index (Phi) is 6.49. The third-order valence-electron chi connectivity index (χ3n) is 4.90. The van der Waals surface area contributed by atoms with Gasteiger partial charge in [0.2, 0.25) is 5.91 Å². The molecule has 0 radical (unpaired) electrons. The summed E-state index contributed by atoms with van der Waals surface area (Å²) in [6.45, 7) is 4.50. The van der Waals surface area contributed by atoms with E-state index in [1.807, 2.05) is 37.3 Å². The summed E-state index contributed by atoms with van der Waals surface area (Å²) in [6, 6.07) is 15.6. The molecule has 7 nitrogen and oxygen atoms in total. The van der Waals surface area contributed by atoms with Crippen molar-refractivity contribution in [3.63, 3.8) is 0 Å². The molecule has 1 saturated heterocycles. The van der Waals surface area contributed by atoms with Crippen LogP contribution < -0.4 is 10.6 Å². The summed E-state index contributed by atoms with van der Waals surface area (Å²) < 4.78 is 4.93. The number of anilines is 1. The smallest absolute Gasteiger partial charge is 0.338 e. The molecule has 2 aromatic carbocycles. The van der Waals surface area contributed by atoms with Crippen molar-refractivity contribution in [1.82, 2.24) is 10.2 Å². The van der Waals surface area contributed by atoms with Crippen LogP contribution in [0.1, 0.15) is 42.2 Å². The molecule has 152 valence electrons. The maximum atomic E-state index is 12.4. The Morgan fingerprint density at radius 1 is 1.14 bits per heavy atom. The van der Waals surface area contributed by atoms with Crippen LogP contribution in [0.3, 0.4) is 0 Å². The van der Waals surface area contributed by atoms with Gasteiger partial charge in [0.25, 0.3) is 0 Å². The molecule has 2 N–H and O–H groups in total. The van der Waals surface area contributed by atoms with E-state index in [0.29, 0.717) is 24.4 Å². The predicted molar refractivity (Wildman–Crippen MR) is 110 cm³/mol. The number of rotatable bonds is 6. The molecule has 0 spiro atoms. The molecule has 3 amide bonds. The van der Waals surface area contributed by atoms with Gasteiger partial charge in [0.15, 0.2) is 0 Å². The largest absolute Gasteiger partial charge is 0.462 e. The molecule has 2 atom stereocenters. The number of urea groups is 1. The fraction of sp³-hybridized carbons (Fsp3) is 0.318. The molecule has 29 heavy (non-hydrogen) atoms. The Morgan fingerprint density at radius 2 is 1.83 bits per heavy atom. The summed E-state index contributed by atoms with van der Waals surface area (Å²) in [4.78, 5) is 38.2.